The number of urea groups is 1. The van der Waals surface area contributed by atoms with Gasteiger partial charge in [-0.1, -0.05) is 0 Å². The second-order valence-electron chi connectivity index (χ2n) is 6.12. The van der Waals surface area contributed by atoms with E-state index in [9.17, 15) is 28.2 Å². The first-order valence-corrected chi connectivity index (χ1v) is 9.25. The Morgan fingerprint density at radius 3 is 2.81 bits per heavy atom. The van der Waals surface area contributed by atoms with Gasteiger partial charge in [-0.25, -0.2) is 10.3 Å². The number of piperidine rings is 1. The maximum absolute atomic E-state index is 12.3. The third-order valence-electron chi connectivity index (χ3n) is 4.27. The first kappa shape index (κ1) is 19.4. The molecule has 0 saturated carbocycles. The molecular weight excluding hydrogens is 388 g/mol. The molecule has 2 fully saturated rings. The third-order valence-corrected chi connectivity index (χ3v) is 4.62. The predicted octanol–water partition coefficient (Wildman–Crippen LogP) is -1.72. The van der Waals surface area contributed by atoms with Crippen LogP contribution >= 0.6 is 0 Å². The molecule has 0 spiro atoms. The highest BCUT2D eigenvalue weighted by Crippen LogP contribution is 2.30. The summed E-state index contributed by atoms with van der Waals surface area (Å²) in [6, 6.07) is -2.34. The maximum atomic E-state index is 12.3. The van der Waals surface area contributed by atoms with Crippen molar-refractivity contribution in [1.29, 1.82) is 0 Å². The van der Waals surface area contributed by atoms with Gasteiger partial charge in [-0.2, -0.15) is 13.5 Å². The lowest BCUT2D eigenvalue weighted by Crippen LogP contribution is -2.50. The molecule has 3 heterocycles. The lowest BCUT2D eigenvalue weighted by molar-refractivity contribution is -0.138. The molecule has 13 nitrogen and oxygen atoms in total. The van der Waals surface area contributed by atoms with E-state index in [2.05, 4.69) is 15.1 Å². The summed E-state index contributed by atoms with van der Waals surface area (Å²) in [6.45, 7) is -0.0662. The Labute approximate surface area is 153 Å². The van der Waals surface area contributed by atoms with Crippen molar-refractivity contribution >= 4 is 22.3 Å². The second-order valence-corrected chi connectivity index (χ2v) is 7.12. The van der Waals surface area contributed by atoms with E-state index >= 15 is 0 Å². The Bertz CT molecular complexity index is 796. The van der Waals surface area contributed by atoms with Gasteiger partial charge in [0.05, 0.1) is 6.04 Å². The van der Waals surface area contributed by atoms with Crippen LogP contribution in [0.2, 0.25) is 0 Å². The summed E-state index contributed by atoms with van der Waals surface area (Å²) in [5.74, 6) is -0.880. The quantitative estimate of drug-likeness (QED) is 0.252. The SMILES string of the molecule is O=C(NOCC1=CC(O)C(O)=CN1)C1CCC2CN1C(=O)N2OS(=O)(=O)O. The Balaban J connectivity index is 1.53. The van der Waals surface area contributed by atoms with Crippen LogP contribution in [-0.4, -0.2) is 76.4 Å². The highest BCUT2D eigenvalue weighted by molar-refractivity contribution is 7.80. The second kappa shape index (κ2) is 7.32. The van der Waals surface area contributed by atoms with E-state index in [1.54, 1.807) is 0 Å². The Morgan fingerprint density at radius 1 is 1.41 bits per heavy atom. The number of nitrogens with one attached hydrogen (secondary N) is 2. The third kappa shape index (κ3) is 4.30. The average molecular weight is 406 g/mol. The Kier molecular flexibility index (Phi) is 5.25. The molecular formula is C13H18N4O9S. The van der Waals surface area contributed by atoms with Crippen LogP contribution in [-0.2, 0) is 24.3 Å². The molecule has 14 heteroatoms. The van der Waals surface area contributed by atoms with Crippen molar-refractivity contribution < 1.29 is 41.9 Å². The number of hydrogen-bond acceptors (Lipinski definition) is 9. The van der Waals surface area contributed by atoms with Gasteiger partial charge in [-0.15, -0.1) is 4.28 Å². The first-order chi connectivity index (χ1) is 12.7. The topological polar surface area (TPSA) is 178 Å². The summed E-state index contributed by atoms with van der Waals surface area (Å²) >= 11 is 0. The molecule has 3 unspecified atom stereocenters. The molecule has 5 N–H and O–H groups in total. The average Bonchev–Trinajstić information content (AvgIpc) is 2.81. The fourth-order valence-electron chi connectivity index (χ4n) is 3.02. The van der Waals surface area contributed by atoms with Crippen LogP contribution in [0.15, 0.2) is 23.7 Å². The van der Waals surface area contributed by atoms with Gasteiger partial charge in [0.2, 0.25) is 0 Å². The number of carbonyl (C=O) groups excluding carboxylic acids is 2. The minimum absolute atomic E-state index is 0.0649. The van der Waals surface area contributed by atoms with Crippen LogP contribution in [0.3, 0.4) is 0 Å². The van der Waals surface area contributed by atoms with Gasteiger partial charge < -0.3 is 20.4 Å². The van der Waals surface area contributed by atoms with Gasteiger partial charge in [0.25, 0.3) is 5.91 Å². The lowest BCUT2D eigenvalue weighted by atomic mass is 10.0. The molecule has 0 aromatic heterocycles. The largest absolute Gasteiger partial charge is 0.508 e. The van der Waals surface area contributed by atoms with Gasteiger partial charge in [-0.3, -0.25) is 14.2 Å². The molecule has 3 aliphatic heterocycles. The van der Waals surface area contributed by atoms with Crippen LogP contribution < -0.4 is 10.8 Å². The van der Waals surface area contributed by atoms with Gasteiger partial charge in [-0.05, 0) is 18.9 Å². The fraction of sp³-hybridized carbons (Fsp3) is 0.538. The summed E-state index contributed by atoms with van der Waals surface area (Å²) < 4.78 is 34.7. The van der Waals surface area contributed by atoms with Crippen molar-refractivity contribution in [3.8, 4) is 0 Å². The molecule has 0 aromatic rings. The zero-order chi connectivity index (χ0) is 19.8. The van der Waals surface area contributed by atoms with E-state index in [1.165, 1.54) is 12.3 Å². The molecule has 2 bridgehead atoms. The number of amides is 3. The minimum Gasteiger partial charge on any atom is -0.508 e. The fourth-order valence-corrected chi connectivity index (χ4v) is 3.41. The van der Waals surface area contributed by atoms with Crippen molar-refractivity contribution in [2.45, 2.75) is 31.0 Å². The van der Waals surface area contributed by atoms with Crippen molar-refractivity contribution in [3.05, 3.63) is 23.7 Å². The minimum atomic E-state index is -4.85. The molecule has 0 aromatic carbocycles. The molecule has 2 saturated heterocycles. The summed E-state index contributed by atoms with van der Waals surface area (Å²) in [4.78, 5) is 30.7. The van der Waals surface area contributed by atoms with E-state index in [4.69, 9.17) is 9.39 Å². The van der Waals surface area contributed by atoms with Gasteiger partial charge in [0.15, 0.2) is 0 Å². The number of hydrogen-bond donors (Lipinski definition) is 5. The summed E-state index contributed by atoms with van der Waals surface area (Å²) in [7, 11) is -4.85. The molecule has 3 atom stereocenters. The highest BCUT2D eigenvalue weighted by atomic mass is 32.3. The molecule has 27 heavy (non-hydrogen) atoms. The molecule has 150 valence electrons. The number of aliphatic hydroxyl groups excluding tert-OH is 2. The maximum Gasteiger partial charge on any atom is 0.418 e. The number of carbonyl (C=O) groups is 2. The van der Waals surface area contributed by atoms with Crippen LogP contribution in [0, 0.1) is 0 Å². The normalized spacial score (nSPS) is 27.8. The van der Waals surface area contributed by atoms with E-state index < -0.39 is 40.5 Å². The number of dihydropyridines is 1. The van der Waals surface area contributed by atoms with Crippen LogP contribution in [0.25, 0.3) is 0 Å². The smallest absolute Gasteiger partial charge is 0.418 e. The monoisotopic (exact) mass is 406 g/mol. The van der Waals surface area contributed by atoms with Crippen molar-refractivity contribution in [3.63, 3.8) is 0 Å². The van der Waals surface area contributed by atoms with Crippen LogP contribution in [0.4, 0.5) is 4.79 Å². The van der Waals surface area contributed by atoms with Crippen molar-refractivity contribution in [2.75, 3.05) is 13.2 Å². The van der Waals surface area contributed by atoms with Crippen molar-refractivity contribution in [1.82, 2.24) is 20.8 Å². The molecule has 3 amide bonds. The van der Waals surface area contributed by atoms with E-state index in [-0.39, 0.29) is 25.3 Å². The van der Waals surface area contributed by atoms with Gasteiger partial charge >= 0.3 is 16.4 Å². The predicted molar refractivity (Wildman–Crippen MR) is 85.4 cm³/mol. The van der Waals surface area contributed by atoms with Gasteiger partial charge in [0, 0.05) is 18.4 Å². The molecule has 0 aliphatic carbocycles. The summed E-state index contributed by atoms with van der Waals surface area (Å²) in [6.07, 6.45) is 1.83. The summed E-state index contributed by atoms with van der Waals surface area (Å²) in [5.41, 5.74) is 2.58. The lowest BCUT2D eigenvalue weighted by Gasteiger charge is -2.29. The summed E-state index contributed by atoms with van der Waals surface area (Å²) in [5, 5.41) is 21.9. The van der Waals surface area contributed by atoms with E-state index in [0.29, 0.717) is 17.2 Å². The first-order valence-electron chi connectivity index (χ1n) is 7.88. The Morgan fingerprint density at radius 2 is 2.15 bits per heavy atom. The van der Waals surface area contributed by atoms with Gasteiger partial charge in [0.1, 0.15) is 24.5 Å². The Hall–Kier alpha value is -2.39. The van der Waals surface area contributed by atoms with Crippen molar-refractivity contribution in [2.24, 2.45) is 0 Å². The zero-order valence-corrected chi connectivity index (χ0v) is 14.6. The van der Waals surface area contributed by atoms with E-state index in [1.807, 2.05) is 0 Å². The molecule has 3 aliphatic rings. The molecule has 3 rings (SSSR count). The zero-order valence-electron chi connectivity index (χ0n) is 13.8. The number of aliphatic hydroxyl groups is 2. The highest BCUT2D eigenvalue weighted by Gasteiger charge is 2.49. The number of fused-ring (bicyclic) bond motifs is 2. The van der Waals surface area contributed by atoms with Crippen LogP contribution in [0.1, 0.15) is 12.8 Å². The standard InChI is InChI=1S/C13H18N4O9S/c18-10-3-7(14-4-11(10)19)6-25-15-12(20)9-2-1-8-5-16(9)13(21)17(8)26-27(22,23)24/h3-4,8-10,14,18-19H,1-2,5-6H2,(H,15,20)(H,22,23,24). The molecule has 0 radical (unpaired) electrons. The number of hydroxylamine groups is 3. The number of nitrogens with zero attached hydrogens (tertiary/aromatic N) is 2. The van der Waals surface area contributed by atoms with Crippen LogP contribution in [0.5, 0.6) is 0 Å². The number of rotatable bonds is 6. The van der Waals surface area contributed by atoms with E-state index in [0.717, 1.165) is 4.90 Å².